The second kappa shape index (κ2) is 11.3. The molecule has 0 aliphatic carbocycles. The van der Waals surface area contributed by atoms with Gasteiger partial charge < -0.3 is 14.2 Å². The van der Waals surface area contributed by atoms with Gasteiger partial charge in [-0.25, -0.2) is 23.1 Å². The summed E-state index contributed by atoms with van der Waals surface area (Å²) in [4.78, 5) is 43.9. The van der Waals surface area contributed by atoms with E-state index in [0.29, 0.717) is 42.0 Å². The van der Waals surface area contributed by atoms with Gasteiger partial charge in [-0.1, -0.05) is 19.9 Å². The average Bonchev–Trinajstić information content (AvgIpc) is 3.44. The smallest absolute Gasteiger partial charge is 0.355 e. The predicted octanol–water partition coefficient (Wildman–Crippen LogP) is 5.91. The van der Waals surface area contributed by atoms with Gasteiger partial charge in [0.1, 0.15) is 28.7 Å². The van der Waals surface area contributed by atoms with E-state index in [0.717, 1.165) is 5.56 Å². The van der Waals surface area contributed by atoms with Gasteiger partial charge in [-0.2, -0.15) is 4.98 Å². The Morgan fingerprint density at radius 1 is 1.11 bits per heavy atom. The van der Waals surface area contributed by atoms with E-state index in [1.165, 1.54) is 35.1 Å². The molecule has 226 valence electrons. The molecule has 5 aromatic rings. The van der Waals surface area contributed by atoms with Crippen molar-refractivity contribution in [2.24, 2.45) is 0 Å². The molecular weight excluding hydrogens is 566 g/mol. The number of aryl methyl sites for hydroxylation is 1. The monoisotopic (exact) mass is 598 g/mol. The number of allylic oxidation sites excluding steroid dienone is 1. The molecule has 1 aliphatic heterocycles. The first kappa shape index (κ1) is 29.2. The van der Waals surface area contributed by atoms with Crippen LogP contribution in [0.4, 0.5) is 14.6 Å². The highest BCUT2D eigenvalue weighted by molar-refractivity contribution is 5.92. The SMILES string of the molecule is CC=CC(=O)N1CCN(c2nc(=O)n(-c3c(C)ccnc3C(C)C)c3nc(-c4cc5ccoc5cc4F)c(F)cc23)C(C)C1. The highest BCUT2D eigenvalue weighted by Gasteiger charge is 2.31. The van der Waals surface area contributed by atoms with Crippen molar-refractivity contribution in [2.45, 2.75) is 46.6 Å². The van der Waals surface area contributed by atoms with Crippen molar-refractivity contribution in [2.75, 3.05) is 24.5 Å². The third-order valence-corrected chi connectivity index (χ3v) is 8.04. The summed E-state index contributed by atoms with van der Waals surface area (Å²) < 4.78 is 38.1. The second-order valence-corrected chi connectivity index (χ2v) is 11.4. The Hall–Kier alpha value is -4.93. The van der Waals surface area contributed by atoms with Gasteiger partial charge in [0.2, 0.25) is 5.91 Å². The number of anilines is 1. The number of fused-ring (bicyclic) bond motifs is 2. The number of amides is 1. The molecule has 1 aliphatic rings. The number of rotatable bonds is 5. The summed E-state index contributed by atoms with van der Waals surface area (Å²) in [6.07, 6.45) is 6.31. The van der Waals surface area contributed by atoms with Crippen LogP contribution in [0, 0.1) is 18.6 Å². The van der Waals surface area contributed by atoms with Gasteiger partial charge in [0.05, 0.1) is 23.0 Å². The lowest BCUT2D eigenvalue weighted by atomic mass is 10.0. The van der Waals surface area contributed by atoms with Crippen LogP contribution in [0.5, 0.6) is 0 Å². The number of carbonyl (C=O) groups is 1. The van der Waals surface area contributed by atoms with Gasteiger partial charge in [0.25, 0.3) is 0 Å². The Bertz CT molecular complexity index is 2020. The number of benzene rings is 1. The maximum absolute atomic E-state index is 16.1. The number of piperazine rings is 1. The molecule has 1 unspecified atom stereocenters. The summed E-state index contributed by atoms with van der Waals surface area (Å²) in [5.41, 5.74) is 1.42. The Labute approximate surface area is 252 Å². The molecule has 9 nitrogen and oxygen atoms in total. The third kappa shape index (κ3) is 4.91. The molecule has 1 aromatic carbocycles. The molecule has 1 amide bonds. The summed E-state index contributed by atoms with van der Waals surface area (Å²) in [5, 5.41) is 0.869. The molecule has 0 N–H and O–H groups in total. The Morgan fingerprint density at radius 3 is 2.64 bits per heavy atom. The van der Waals surface area contributed by atoms with Crippen molar-refractivity contribution in [3.05, 3.63) is 88.3 Å². The van der Waals surface area contributed by atoms with E-state index in [9.17, 15) is 9.59 Å². The fraction of sp³-hybridized carbons (Fsp3) is 0.303. The van der Waals surface area contributed by atoms with Gasteiger partial charge in [0, 0.05) is 48.9 Å². The van der Waals surface area contributed by atoms with Crippen LogP contribution in [-0.2, 0) is 4.79 Å². The van der Waals surface area contributed by atoms with Gasteiger partial charge in [-0.15, -0.1) is 0 Å². The Morgan fingerprint density at radius 2 is 1.91 bits per heavy atom. The summed E-state index contributed by atoms with van der Waals surface area (Å²) in [6, 6.07) is 7.14. The van der Waals surface area contributed by atoms with Gasteiger partial charge in [-0.05, 0) is 62.6 Å². The van der Waals surface area contributed by atoms with Crippen molar-refractivity contribution in [3.63, 3.8) is 0 Å². The van der Waals surface area contributed by atoms with E-state index in [-0.39, 0.29) is 46.0 Å². The first-order valence-electron chi connectivity index (χ1n) is 14.5. The van der Waals surface area contributed by atoms with E-state index in [1.807, 2.05) is 32.6 Å². The molecule has 11 heteroatoms. The van der Waals surface area contributed by atoms with Crippen LogP contribution >= 0.6 is 0 Å². The third-order valence-electron chi connectivity index (χ3n) is 8.04. The zero-order valence-electron chi connectivity index (χ0n) is 25.1. The lowest BCUT2D eigenvalue weighted by molar-refractivity contribution is -0.126. The fourth-order valence-corrected chi connectivity index (χ4v) is 5.89. The normalized spacial score (nSPS) is 15.8. The van der Waals surface area contributed by atoms with Gasteiger partial charge in [0.15, 0.2) is 5.65 Å². The van der Waals surface area contributed by atoms with Crippen LogP contribution in [-0.4, -0.2) is 56.0 Å². The van der Waals surface area contributed by atoms with E-state index in [2.05, 4.69) is 15.0 Å². The lowest BCUT2D eigenvalue weighted by Crippen LogP contribution is -2.54. The Kier molecular flexibility index (Phi) is 7.48. The number of furan rings is 1. The minimum absolute atomic E-state index is 0.0600. The number of aromatic nitrogens is 4. The maximum atomic E-state index is 16.1. The number of nitrogens with zero attached hydrogens (tertiary/aromatic N) is 6. The topological polar surface area (TPSA) is 97.4 Å². The number of halogens is 2. The number of hydrogen-bond acceptors (Lipinski definition) is 7. The highest BCUT2D eigenvalue weighted by Crippen LogP contribution is 2.35. The zero-order valence-corrected chi connectivity index (χ0v) is 25.1. The lowest BCUT2D eigenvalue weighted by Gasteiger charge is -2.40. The highest BCUT2D eigenvalue weighted by atomic mass is 19.1. The molecule has 5 heterocycles. The molecule has 6 rings (SSSR count). The van der Waals surface area contributed by atoms with Crippen molar-refractivity contribution in [3.8, 4) is 16.9 Å². The van der Waals surface area contributed by atoms with E-state index >= 15 is 8.78 Å². The Balaban J connectivity index is 1.62. The van der Waals surface area contributed by atoms with E-state index in [4.69, 9.17) is 4.42 Å². The first-order valence-corrected chi connectivity index (χ1v) is 14.5. The van der Waals surface area contributed by atoms with Crippen molar-refractivity contribution in [1.29, 1.82) is 0 Å². The molecule has 1 saturated heterocycles. The van der Waals surface area contributed by atoms with Crippen molar-refractivity contribution >= 4 is 33.7 Å². The van der Waals surface area contributed by atoms with Crippen LogP contribution in [0.2, 0.25) is 0 Å². The van der Waals surface area contributed by atoms with Crippen LogP contribution in [0.1, 0.15) is 44.9 Å². The molecule has 4 aromatic heterocycles. The summed E-state index contributed by atoms with van der Waals surface area (Å²) in [5.74, 6) is -1.39. The molecular formula is C33H32F2N6O3. The number of carbonyl (C=O) groups excluding carboxylic acids is 1. The minimum Gasteiger partial charge on any atom is -0.464 e. The molecule has 1 fully saturated rings. The largest absolute Gasteiger partial charge is 0.464 e. The minimum atomic E-state index is -0.769. The summed E-state index contributed by atoms with van der Waals surface area (Å²) in [6.45, 7) is 10.6. The van der Waals surface area contributed by atoms with E-state index < -0.39 is 17.3 Å². The number of pyridine rings is 2. The second-order valence-electron chi connectivity index (χ2n) is 11.4. The van der Waals surface area contributed by atoms with Crippen molar-refractivity contribution < 1.29 is 18.0 Å². The predicted molar refractivity (Wildman–Crippen MR) is 165 cm³/mol. The van der Waals surface area contributed by atoms with Gasteiger partial charge in [-0.3, -0.25) is 9.78 Å². The van der Waals surface area contributed by atoms with Crippen LogP contribution in [0.25, 0.3) is 38.9 Å². The fourth-order valence-electron chi connectivity index (χ4n) is 5.89. The molecule has 0 radical (unpaired) electrons. The number of hydrogen-bond donors (Lipinski definition) is 0. The maximum Gasteiger partial charge on any atom is 0.355 e. The molecule has 0 spiro atoms. The molecule has 0 saturated carbocycles. The standard InChI is InChI=1S/C33H32F2N6O3/c1-6-7-27(42)39-11-12-40(20(5)17-39)31-23-15-25(35)29(22-14-21-9-13-44-26(21)16-24(22)34)37-32(23)41(33(43)38-31)30-19(4)8-10-36-28(30)18(2)3/h6-10,13-16,18,20H,11-12,17H2,1-5H3. The molecule has 1 atom stereocenters. The summed E-state index contributed by atoms with van der Waals surface area (Å²) in [7, 11) is 0. The van der Waals surface area contributed by atoms with Crippen LogP contribution in [0.15, 0.2) is 64.2 Å². The quantitative estimate of drug-likeness (QED) is 0.232. The van der Waals surface area contributed by atoms with Gasteiger partial charge >= 0.3 is 5.69 Å². The van der Waals surface area contributed by atoms with Crippen LogP contribution < -0.4 is 10.6 Å². The first-order chi connectivity index (χ1) is 21.1. The average molecular weight is 599 g/mol. The molecule has 0 bridgehead atoms. The van der Waals surface area contributed by atoms with E-state index in [1.54, 1.807) is 36.2 Å². The zero-order chi connectivity index (χ0) is 31.3. The molecule has 44 heavy (non-hydrogen) atoms. The van der Waals surface area contributed by atoms with Crippen LogP contribution in [0.3, 0.4) is 0 Å². The summed E-state index contributed by atoms with van der Waals surface area (Å²) >= 11 is 0. The van der Waals surface area contributed by atoms with Crippen molar-refractivity contribution in [1.82, 2.24) is 24.4 Å².